The van der Waals surface area contributed by atoms with Gasteiger partial charge in [-0.25, -0.2) is 4.79 Å². The van der Waals surface area contributed by atoms with E-state index < -0.39 is 5.97 Å². The number of hydrogen-bond donors (Lipinski definition) is 2. The van der Waals surface area contributed by atoms with Crippen molar-refractivity contribution >= 4 is 17.7 Å². The van der Waals surface area contributed by atoms with Gasteiger partial charge >= 0.3 is 12.0 Å². The summed E-state index contributed by atoms with van der Waals surface area (Å²) in [6.45, 7) is 3.62. The van der Waals surface area contributed by atoms with E-state index in [2.05, 4.69) is 17.1 Å². The molecule has 126 valence electrons. The number of rotatable bonds is 5. The van der Waals surface area contributed by atoms with E-state index in [0.29, 0.717) is 32.5 Å². The first kappa shape index (κ1) is 17.1. The molecule has 1 aliphatic rings. The van der Waals surface area contributed by atoms with Gasteiger partial charge in [0.15, 0.2) is 0 Å². The van der Waals surface area contributed by atoms with E-state index in [4.69, 9.17) is 5.11 Å². The first-order valence-electron chi connectivity index (χ1n) is 8.02. The molecule has 0 bridgehead atoms. The highest BCUT2D eigenvalue weighted by Crippen LogP contribution is 2.17. The van der Waals surface area contributed by atoms with Gasteiger partial charge in [-0.3, -0.25) is 4.79 Å². The number of carboxylic acid groups (broad SMARTS) is 1. The summed E-state index contributed by atoms with van der Waals surface area (Å²) in [4.78, 5) is 26.9. The van der Waals surface area contributed by atoms with E-state index in [-0.39, 0.29) is 18.0 Å². The number of para-hydroxylation sites is 1. The molecule has 6 nitrogen and oxygen atoms in total. The Labute approximate surface area is 137 Å². The number of aliphatic carboxylic acids is 1. The summed E-state index contributed by atoms with van der Waals surface area (Å²) >= 11 is 0. The highest BCUT2D eigenvalue weighted by atomic mass is 16.4. The van der Waals surface area contributed by atoms with Crippen molar-refractivity contribution < 1.29 is 14.7 Å². The second-order valence-electron chi connectivity index (χ2n) is 6.08. The molecule has 1 aliphatic heterocycles. The summed E-state index contributed by atoms with van der Waals surface area (Å²) in [5.74, 6) is -1.08. The van der Waals surface area contributed by atoms with Crippen LogP contribution in [-0.4, -0.2) is 54.7 Å². The number of urea groups is 1. The molecule has 0 saturated carbocycles. The summed E-state index contributed by atoms with van der Waals surface area (Å²) in [7, 11) is 2.00. The number of nitrogens with one attached hydrogen (secondary N) is 1. The zero-order valence-electron chi connectivity index (χ0n) is 13.7. The van der Waals surface area contributed by atoms with Crippen LogP contribution in [0, 0.1) is 5.92 Å². The average Bonchev–Trinajstić information content (AvgIpc) is 2.59. The third kappa shape index (κ3) is 4.61. The molecule has 2 amide bonds. The van der Waals surface area contributed by atoms with Gasteiger partial charge in [-0.2, -0.15) is 0 Å². The van der Waals surface area contributed by atoms with E-state index in [1.54, 1.807) is 4.90 Å². The van der Waals surface area contributed by atoms with Crippen LogP contribution in [0.2, 0.25) is 0 Å². The van der Waals surface area contributed by atoms with Gasteiger partial charge in [0.05, 0.1) is 5.92 Å². The van der Waals surface area contributed by atoms with Crippen molar-refractivity contribution in [2.75, 3.05) is 31.6 Å². The van der Waals surface area contributed by atoms with Gasteiger partial charge in [0.2, 0.25) is 0 Å². The van der Waals surface area contributed by atoms with Crippen molar-refractivity contribution in [2.24, 2.45) is 5.92 Å². The second kappa shape index (κ2) is 7.85. The van der Waals surface area contributed by atoms with Crippen molar-refractivity contribution in [3.05, 3.63) is 30.3 Å². The quantitative estimate of drug-likeness (QED) is 0.871. The Morgan fingerprint density at radius 3 is 2.48 bits per heavy atom. The third-order valence-corrected chi connectivity index (χ3v) is 4.50. The number of hydrogen-bond acceptors (Lipinski definition) is 3. The number of carbonyl (C=O) groups excluding carboxylic acids is 1. The molecular weight excluding hydrogens is 294 g/mol. The molecule has 1 aromatic rings. The fraction of sp³-hybridized carbons (Fsp3) is 0.529. The molecule has 2 rings (SSSR count). The smallest absolute Gasteiger partial charge is 0.317 e. The van der Waals surface area contributed by atoms with Crippen LogP contribution in [-0.2, 0) is 4.79 Å². The minimum atomic E-state index is -0.761. The van der Waals surface area contributed by atoms with Crippen LogP contribution >= 0.6 is 0 Å². The second-order valence-corrected chi connectivity index (χ2v) is 6.08. The molecule has 0 aliphatic carbocycles. The molecule has 0 aromatic heterocycles. The molecule has 0 spiro atoms. The normalized spacial score (nSPS) is 16.7. The Morgan fingerprint density at radius 2 is 1.91 bits per heavy atom. The lowest BCUT2D eigenvalue weighted by molar-refractivity contribution is -0.143. The van der Waals surface area contributed by atoms with Crippen molar-refractivity contribution in [3.8, 4) is 0 Å². The maximum Gasteiger partial charge on any atom is 0.317 e. The fourth-order valence-electron chi connectivity index (χ4n) is 2.73. The van der Waals surface area contributed by atoms with E-state index >= 15 is 0 Å². The van der Waals surface area contributed by atoms with Crippen LogP contribution in [0.1, 0.15) is 19.8 Å². The Morgan fingerprint density at radius 1 is 1.30 bits per heavy atom. The van der Waals surface area contributed by atoms with Gasteiger partial charge in [-0.15, -0.1) is 0 Å². The van der Waals surface area contributed by atoms with Gasteiger partial charge in [0.1, 0.15) is 0 Å². The monoisotopic (exact) mass is 319 g/mol. The average molecular weight is 319 g/mol. The van der Waals surface area contributed by atoms with Gasteiger partial charge in [-0.1, -0.05) is 18.2 Å². The number of carbonyl (C=O) groups is 2. The minimum Gasteiger partial charge on any atom is -0.481 e. The zero-order valence-corrected chi connectivity index (χ0v) is 13.7. The summed E-state index contributed by atoms with van der Waals surface area (Å²) < 4.78 is 0. The first-order valence-corrected chi connectivity index (χ1v) is 8.02. The summed E-state index contributed by atoms with van der Waals surface area (Å²) in [6, 6.07) is 10.1. The topological polar surface area (TPSA) is 72.9 Å². The molecule has 0 radical (unpaired) electrons. The molecule has 1 aromatic carbocycles. The molecule has 1 unspecified atom stereocenters. The van der Waals surface area contributed by atoms with Crippen molar-refractivity contribution in [1.29, 1.82) is 0 Å². The zero-order chi connectivity index (χ0) is 16.8. The van der Waals surface area contributed by atoms with Crippen LogP contribution in [0.5, 0.6) is 0 Å². The highest BCUT2D eigenvalue weighted by molar-refractivity contribution is 5.75. The summed E-state index contributed by atoms with van der Waals surface area (Å²) in [5, 5.41) is 11.9. The van der Waals surface area contributed by atoms with Gasteiger partial charge < -0.3 is 20.2 Å². The SMILES string of the molecule is CC(CNC(=O)N1CCC(C(=O)O)CC1)N(C)c1ccccc1. The molecule has 1 fully saturated rings. The maximum atomic E-state index is 12.2. The van der Waals surface area contributed by atoms with E-state index in [9.17, 15) is 9.59 Å². The van der Waals surface area contributed by atoms with Crippen molar-refractivity contribution in [1.82, 2.24) is 10.2 Å². The van der Waals surface area contributed by atoms with Crippen molar-refractivity contribution in [2.45, 2.75) is 25.8 Å². The Hall–Kier alpha value is -2.24. The standard InChI is InChI=1S/C17H25N3O3/c1-13(19(2)15-6-4-3-5-7-15)12-18-17(23)20-10-8-14(9-11-20)16(21)22/h3-7,13-14H,8-12H2,1-2H3,(H,18,23)(H,21,22). The molecule has 23 heavy (non-hydrogen) atoms. The first-order chi connectivity index (χ1) is 11.0. The van der Waals surface area contributed by atoms with Gasteiger partial charge in [0.25, 0.3) is 0 Å². The number of anilines is 1. The maximum absolute atomic E-state index is 12.2. The predicted octanol–water partition coefficient (Wildman–Crippen LogP) is 2.02. The molecule has 1 heterocycles. The Kier molecular flexibility index (Phi) is 5.84. The minimum absolute atomic E-state index is 0.109. The number of nitrogens with zero attached hydrogens (tertiary/aromatic N) is 2. The lowest BCUT2D eigenvalue weighted by Gasteiger charge is -2.32. The van der Waals surface area contributed by atoms with Crippen LogP contribution < -0.4 is 10.2 Å². The van der Waals surface area contributed by atoms with Gasteiger partial charge in [0, 0.05) is 38.4 Å². The Balaban J connectivity index is 1.77. The summed E-state index contributed by atoms with van der Waals surface area (Å²) in [6.07, 6.45) is 1.06. The van der Waals surface area contributed by atoms with Crippen molar-refractivity contribution in [3.63, 3.8) is 0 Å². The molecule has 2 N–H and O–H groups in total. The summed E-state index contributed by atoms with van der Waals surface area (Å²) in [5.41, 5.74) is 1.11. The van der Waals surface area contributed by atoms with E-state index in [1.807, 2.05) is 37.4 Å². The number of benzene rings is 1. The van der Waals surface area contributed by atoms with Crippen LogP contribution in [0.15, 0.2) is 30.3 Å². The lowest BCUT2D eigenvalue weighted by Crippen LogP contribution is -2.48. The number of likely N-dealkylation sites (N-methyl/N-ethyl adjacent to an activating group) is 1. The van der Waals surface area contributed by atoms with Gasteiger partial charge in [-0.05, 0) is 31.9 Å². The number of likely N-dealkylation sites (tertiary alicyclic amines) is 1. The number of carboxylic acids is 1. The van der Waals surface area contributed by atoms with Crippen LogP contribution in [0.3, 0.4) is 0 Å². The fourth-order valence-corrected chi connectivity index (χ4v) is 2.73. The highest BCUT2D eigenvalue weighted by Gasteiger charge is 2.27. The lowest BCUT2D eigenvalue weighted by atomic mass is 9.97. The van der Waals surface area contributed by atoms with E-state index in [0.717, 1.165) is 5.69 Å². The third-order valence-electron chi connectivity index (χ3n) is 4.50. The molecular formula is C17H25N3O3. The van der Waals surface area contributed by atoms with Crippen LogP contribution in [0.25, 0.3) is 0 Å². The number of piperidine rings is 1. The van der Waals surface area contributed by atoms with E-state index in [1.165, 1.54) is 0 Å². The molecule has 6 heteroatoms. The largest absolute Gasteiger partial charge is 0.481 e. The predicted molar refractivity (Wildman–Crippen MR) is 89.6 cm³/mol. The Bertz CT molecular complexity index is 527. The van der Waals surface area contributed by atoms with Crippen LogP contribution in [0.4, 0.5) is 10.5 Å². The number of amides is 2. The molecule has 1 saturated heterocycles. The molecule has 1 atom stereocenters.